The number of hydrogen-bond donors (Lipinski definition) is 0. The number of halogens is 2. The van der Waals surface area contributed by atoms with E-state index in [9.17, 15) is 9.18 Å². The molecule has 0 amide bonds. The van der Waals surface area contributed by atoms with Crippen LogP contribution in [0.5, 0.6) is 0 Å². The monoisotopic (exact) mass is 211 g/mol. The van der Waals surface area contributed by atoms with Crippen LogP contribution in [0.2, 0.25) is 5.02 Å². The van der Waals surface area contributed by atoms with Crippen molar-refractivity contribution in [1.29, 1.82) is 0 Å². The Morgan fingerprint density at radius 2 is 2.21 bits per heavy atom. The minimum atomic E-state index is -0.473. The number of benzene rings is 1. The average molecular weight is 212 g/mol. The molecule has 0 aromatic heterocycles. The third-order valence-electron chi connectivity index (χ3n) is 2.44. The highest BCUT2D eigenvalue weighted by Gasteiger charge is 2.44. The fraction of sp³-hybridized carbons (Fsp3) is 0.300. The normalized spacial score (nSPS) is 17.3. The maximum atomic E-state index is 12.9. The molecule has 0 bridgehead atoms. The SMILES string of the molecule is O=C=NC1(c2ccc(F)c(Cl)c2)CC1. The Kier molecular flexibility index (Phi) is 2.14. The average Bonchev–Trinajstić information content (AvgIpc) is 2.91. The first kappa shape index (κ1) is 9.38. The van der Waals surface area contributed by atoms with Gasteiger partial charge in [-0.3, -0.25) is 0 Å². The van der Waals surface area contributed by atoms with Crippen LogP contribution in [0.25, 0.3) is 0 Å². The van der Waals surface area contributed by atoms with Gasteiger partial charge in [-0.25, -0.2) is 9.18 Å². The third kappa shape index (κ3) is 1.45. The Hall–Kier alpha value is -1.18. The van der Waals surface area contributed by atoms with Crippen molar-refractivity contribution in [3.05, 3.63) is 34.6 Å². The second kappa shape index (κ2) is 3.19. The van der Waals surface area contributed by atoms with E-state index in [1.54, 1.807) is 12.1 Å². The molecule has 0 radical (unpaired) electrons. The molecule has 0 aliphatic heterocycles. The van der Waals surface area contributed by atoms with Crippen LogP contribution in [0.15, 0.2) is 23.2 Å². The maximum Gasteiger partial charge on any atom is 0.235 e. The Bertz CT molecular complexity index is 422. The van der Waals surface area contributed by atoms with Crippen molar-refractivity contribution in [3.8, 4) is 0 Å². The van der Waals surface area contributed by atoms with Gasteiger partial charge in [0.15, 0.2) is 0 Å². The maximum absolute atomic E-state index is 12.9. The van der Waals surface area contributed by atoms with Gasteiger partial charge in [0, 0.05) is 0 Å². The minimum absolute atomic E-state index is 0.0647. The van der Waals surface area contributed by atoms with Crippen molar-refractivity contribution in [2.24, 2.45) is 4.99 Å². The highest BCUT2D eigenvalue weighted by Crippen LogP contribution is 2.49. The summed E-state index contributed by atoms with van der Waals surface area (Å²) in [5.74, 6) is -0.457. The molecule has 0 spiro atoms. The molecule has 14 heavy (non-hydrogen) atoms. The molecule has 1 fully saturated rings. The first-order valence-corrected chi connectivity index (χ1v) is 4.60. The lowest BCUT2D eigenvalue weighted by Gasteiger charge is -2.08. The van der Waals surface area contributed by atoms with Crippen molar-refractivity contribution in [2.45, 2.75) is 18.4 Å². The molecule has 2 nitrogen and oxygen atoms in total. The van der Waals surface area contributed by atoms with Crippen LogP contribution >= 0.6 is 11.6 Å². The largest absolute Gasteiger partial charge is 0.235 e. The summed E-state index contributed by atoms with van der Waals surface area (Å²) in [5, 5.41) is 0.0647. The van der Waals surface area contributed by atoms with Gasteiger partial charge < -0.3 is 0 Å². The minimum Gasteiger partial charge on any atom is -0.211 e. The van der Waals surface area contributed by atoms with E-state index >= 15 is 0 Å². The molecular formula is C10H7ClFNO. The highest BCUT2D eigenvalue weighted by molar-refractivity contribution is 6.30. The molecule has 2 rings (SSSR count). The molecule has 1 aliphatic carbocycles. The van der Waals surface area contributed by atoms with Crippen LogP contribution in [0.1, 0.15) is 18.4 Å². The molecular weight excluding hydrogens is 205 g/mol. The van der Waals surface area contributed by atoms with Gasteiger partial charge in [0.05, 0.1) is 10.6 Å². The van der Waals surface area contributed by atoms with E-state index < -0.39 is 11.4 Å². The number of hydrogen-bond acceptors (Lipinski definition) is 2. The van der Waals surface area contributed by atoms with E-state index in [0.717, 1.165) is 18.4 Å². The van der Waals surface area contributed by atoms with Crippen LogP contribution in [-0.2, 0) is 10.3 Å². The van der Waals surface area contributed by atoms with Gasteiger partial charge in [-0.15, -0.1) is 0 Å². The van der Waals surface area contributed by atoms with Gasteiger partial charge in [-0.05, 0) is 30.5 Å². The number of nitrogens with zero attached hydrogens (tertiary/aromatic N) is 1. The second-order valence-electron chi connectivity index (χ2n) is 3.36. The Balaban J connectivity index is 2.42. The van der Waals surface area contributed by atoms with E-state index in [-0.39, 0.29) is 5.02 Å². The zero-order valence-electron chi connectivity index (χ0n) is 7.26. The van der Waals surface area contributed by atoms with Crippen LogP contribution in [0.4, 0.5) is 4.39 Å². The lowest BCUT2D eigenvalue weighted by atomic mass is 10.1. The van der Waals surface area contributed by atoms with Gasteiger partial charge in [-0.1, -0.05) is 17.7 Å². The van der Waals surface area contributed by atoms with E-state index in [1.807, 2.05) is 0 Å². The highest BCUT2D eigenvalue weighted by atomic mass is 35.5. The van der Waals surface area contributed by atoms with Crippen molar-refractivity contribution in [3.63, 3.8) is 0 Å². The summed E-state index contributed by atoms with van der Waals surface area (Å²) in [5.41, 5.74) is 0.311. The molecule has 0 unspecified atom stereocenters. The van der Waals surface area contributed by atoms with E-state index in [4.69, 9.17) is 11.6 Å². The molecule has 0 atom stereocenters. The van der Waals surface area contributed by atoms with Gasteiger partial charge in [0.25, 0.3) is 0 Å². The fourth-order valence-corrected chi connectivity index (χ4v) is 1.64. The number of aliphatic imine (C=N–C) groups is 1. The molecule has 0 N–H and O–H groups in total. The summed E-state index contributed by atoms with van der Waals surface area (Å²) in [6, 6.07) is 4.41. The second-order valence-corrected chi connectivity index (χ2v) is 3.77. The lowest BCUT2D eigenvalue weighted by molar-refractivity contribution is 0.556. The van der Waals surface area contributed by atoms with Crippen LogP contribution in [-0.4, -0.2) is 6.08 Å². The molecule has 1 aromatic carbocycles. The van der Waals surface area contributed by atoms with Gasteiger partial charge >= 0.3 is 0 Å². The van der Waals surface area contributed by atoms with Crippen molar-refractivity contribution >= 4 is 17.7 Å². The van der Waals surface area contributed by atoms with Crippen molar-refractivity contribution < 1.29 is 9.18 Å². The van der Waals surface area contributed by atoms with E-state index in [0.29, 0.717) is 0 Å². The molecule has 1 aliphatic rings. The molecule has 0 saturated heterocycles. The molecule has 72 valence electrons. The molecule has 1 aromatic rings. The Morgan fingerprint density at radius 3 is 2.71 bits per heavy atom. The summed E-state index contributed by atoms with van der Waals surface area (Å²) >= 11 is 5.63. The van der Waals surface area contributed by atoms with Gasteiger partial charge in [-0.2, -0.15) is 4.99 Å². The van der Waals surface area contributed by atoms with Gasteiger partial charge in [0.1, 0.15) is 5.82 Å². The summed E-state index contributed by atoms with van der Waals surface area (Å²) in [7, 11) is 0. The summed E-state index contributed by atoms with van der Waals surface area (Å²) in [6.45, 7) is 0. The Morgan fingerprint density at radius 1 is 1.50 bits per heavy atom. The summed E-state index contributed by atoms with van der Waals surface area (Å²) in [4.78, 5) is 13.9. The number of carbonyl (C=O) groups excluding carboxylic acids is 1. The zero-order valence-corrected chi connectivity index (χ0v) is 8.01. The quantitative estimate of drug-likeness (QED) is 0.546. The predicted molar refractivity (Wildman–Crippen MR) is 50.4 cm³/mol. The van der Waals surface area contributed by atoms with Crippen molar-refractivity contribution in [2.75, 3.05) is 0 Å². The fourth-order valence-electron chi connectivity index (χ4n) is 1.46. The van der Waals surface area contributed by atoms with Crippen LogP contribution in [0, 0.1) is 5.82 Å². The van der Waals surface area contributed by atoms with Crippen molar-refractivity contribution in [1.82, 2.24) is 0 Å². The third-order valence-corrected chi connectivity index (χ3v) is 2.73. The zero-order chi connectivity index (χ0) is 10.2. The molecule has 4 heteroatoms. The summed E-state index contributed by atoms with van der Waals surface area (Å²) < 4.78 is 12.9. The van der Waals surface area contributed by atoms with E-state index in [2.05, 4.69) is 4.99 Å². The first-order chi connectivity index (χ1) is 6.68. The molecule has 0 heterocycles. The lowest BCUT2D eigenvalue weighted by Crippen LogP contribution is -2.02. The van der Waals surface area contributed by atoms with E-state index in [1.165, 1.54) is 12.1 Å². The topological polar surface area (TPSA) is 29.4 Å². The summed E-state index contributed by atoms with van der Waals surface area (Å²) in [6.07, 6.45) is 3.13. The van der Waals surface area contributed by atoms with Gasteiger partial charge in [0.2, 0.25) is 6.08 Å². The Labute approximate surface area is 85.4 Å². The van der Waals surface area contributed by atoms with Crippen LogP contribution < -0.4 is 0 Å². The standard InChI is InChI=1S/C10H7ClFNO/c11-8-5-7(1-2-9(8)12)10(3-4-10)13-6-14/h1-2,5H,3-4H2. The van der Waals surface area contributed by atoms with Crippen LogP contribution in [0.3, 0.4) is 0 Å². The first-order valence-electron chi connectivity index (χ1n) is 4.22. The predicted octanol–water partition coefficient (Wildman–Crippen LogP) is 2.80. The molecule has 1 saturated carbocycles. The number of rotatable bonds is 2. The number of isocyanates is 1. The smallest absolute Gasteiger partial charge is 0.211 e.